The van der Waals surface area contributed by atoms with E-state index in [-0.39, 0.29) is 15.1 Å². The van der Waals surface area contributed by atoms with E-state index in [1.54, 1.807) is 0 Å². The van der Waals surface area contributed by atoms with Crippen molar-refractivity contribution in [2.24, 2.45) is 0 Å². The molecule has 0 bridgehead atoms. The highest BCUT2D eigenvalue weighted by Gasteiger charge is 2.03. The molecular weight excluding hydrogens is 188 g/mol. The molecule has 0 saturated heterocycles. The van der Waals surface area contributed by atoms with Crippen LogP contribution in [0.15, 0.2) is 24.3 Å². The molecular formula is C9H11ClOSi. The number of hydrogen-bond donors (Lipinski definition) is 1. The normalized spacial score (nSPS) is 12.9. The fraction of sp³-hybridized carbons (Fsp3) is 0.333. The predicted molar refractivity (Wildman–Crippen MR) is 52.9 cm³/mol. The minimum absolute atomic E-state index is 0.0982. The molecule has 64 valence electrons. The smallest absolute Gasteiger partial charge is 0.265 e. The average molecular weight is 199 g/mol. The molecule has 0 saturated carbocycles. The Kier molecular flexibility index (Phi) is 3.79. The maximum atomic E-state index is 8.82. The van der Waals surface area contributed by atoms with E-state index in [2.05, 4.69) is 6.92 Å². The zero-order chi connectivity index (χ0) is 8.97. The van der Waals surface area contributed by atoms with Gasteiger partial charge in [0.1, 0.15) is 0 Å². The lowest BCUT2D eigenvalue weighted by molar-refractivity contribution is 0.615. The lowest BCUT2D eigenvalue weighted by Crippen LogP contribution is -2.12. The Morgan fingerprint density at radius 1 is 1.42 bits per heavy atom. The van der Waals surface area contributed by atoms with E-state index >= 15 is 0 Å². The summed E-state index contributed by atoms with van der Waals surface area (Å²) in [4.78, 5) is 8.82. The molecule has 0 aliphatic heterocycles. The number of benzene rings is 1. The van der Waals surface area contributed by atoms with Gasteiger partial charge in [0, 0.05) is 0 Å². The van der Waals surface area contributed by atoms with Crippen LogP contribution in [-0.2, 0) is 0 Å². The van der Waals surface area contributed by atoms with Crippen molar-refractivity contribution in [1.82, 2.24) is 0 Å². The minimum Gasteiger partial charge on any atom is -0.428 e. The zero-order valence-corrected chi connectivity index (χ0v) is 8.67. The molecule has 1 aromatic carbocycles. The summed E-state index contributed by atoms with van der Waals surface area (Å²) in [5.74, 6) is 0. The lowest BCUT2D eigenvalue weighted by Gasteiger charge is -2.06. The largest absolute Gasteiger partial charge is 0.428 e. The van der Waals surface area contributed by atoms with Crippen LogP contribution in [0, 0.1) is 0 Å². The van der Waals surface area contributed by atoms with Gasteiger partial charge in [0.15, 0.2) is 0 Å². The highest BCUT2D eigenvalue weighted by atomic mass is 35.5. The molecule has 12 heavy (non-hydrogen) atoms. The summed E-state index contributed by atoms with van der Waals surface area (Å²) in [6.07, 6.45) is 0.933. The van der Waals surface area contributed by atoms with Crippen LogP contribution in [-0.4, -0.2) is 14.6 Å². The van der Waals surface area contributed by atoms with Gasteiger partial charge in [-0.3, -0.25) is 0 Å². The Bertz CT molecular complexity index is 235. The van der Waals surface area contributed by atoms with Crippen molar-refractivity contribution in [1.29, 1.82) is 0 Å². The minimum atomic E-state index is -0.122. The summed E-state index contributed by atoms with van der Waals surface area (Å²) < 4.78 is 0. The van der Waals surface area contributed by atoms with Crippen LogP contribution < -0.4 is 5.19 Å². The van der Waals surface area contributed by atoms with Gasteiger partial charge >= 0.3 is 0 Å². The van der Waals surface area contributed by atoms with E-state index in [0.717, 1.165) is 17.2 Å². The third kappa shape index (κ3) is 2.34. The maximum Gasteiger partial charge on any atom is 0.265 e. The van der Waals surface area contributed by atoms with Crippen LogP contribution in [0.5, 0.6) is 0 Å². The number of hydrogen-bond acceptors (Lipinski definition) is 1. The van der Waals surface area contributed by atoms with Gasteiger partial charge in [0.05, 0.1) is 5.38 Å². The van der Waals surface area contributed by atoms with Gasteiger partial charge in [-0.25, -0.2) is 0 Å². The fourth-order valence-corrected chi connectivity index (χ4v) is 1.46. The summed E-state index contributed by atoms with van der Waals surface area (Å²) >= 11 is 6.03. The first-order chi connectivity index (χ1) is 5.77. The van der Waals surface area contributed by atoms with Crippen molar-refractivity contribution in [3.8, 4) is 0 Å². The quantitative estimate of drug-likeness (QED) is 0.578. The van der Waals surface area contributed by atoms with Gasteiger partial charge in [-0.2, -0.15) is 0 Å². The molecule has 1 nitrogen and oxygen atoms in total. The number of rotatable bonds is 3. The Labute approximate surface area is 80.3 Å². The average Bonchev–Trinajstić information content (AvgIpc) is 2.17. The van der Waals surface area contributed by atoms with E-state index in [1.807, 2.05) is 24.3 Å². The van der Waals surface area contributed by atoms with Crippen LogP contribution in [0.25, 0.3) is 0 Å². The first-order valence-corrected chi connectivity index (χ1v) is 5.30. The second kappa shape index (κ2) is 4.65. The molecule has 0 heterocycles. The summed E-state index contributed by atoms with van der Waals surface area (Å²) in [6, 6.07) is 7.77. The Balaban J connectivity index is 2.77. The summed E-state index contributed by atoms with van der Waals surface area (Å²) in [5.41, 5.74) is 1.13. The summed E-state index contributed by atoms with van der Waals surface area (Å²) in [6.45, 7) is 2.05. The van der Waals surface area contributed by atoms with Crippen molar-refractivity contribution in [2.75, 3.05) is 0 Å². The lowest BCUT2D eigenvalue weighted by atomic mass is 10.1. The first-order valence-electron chi connectivity index (χ1n) is 3.92. The van der Waals surface area contributed by atoms with Crippen LogP contribution in [0.1, 0.15) is 24.3 Å². The summed E-state index contributed by atoms with van der Waals surface area (Å²) in [5, 5.41) is 1.06. The summed E-state index contributed by atoms with van der Waals surface area (Å²) in [7, 11) is -0.122. The second-order valence-electron chi connectivity index (χ2n) is 2.61. The molecule has 1 N–H and O–H groups in total. The molecule has 1 atom stereocenters. The number of alkyl halides is 1. The molecule has 1 aromatic rings. The number of halogens is 1. The van der Waals surface area contributed by atoms with Crippen molar-refractivity contribution in [2.45, 2.75) is 18.7 Å². The molecule has 3 heteroatoms. The van der Waals surface area contributed by atoms with Gasteiger partial charge in [0.25, 0.3) is 9.76 Å². The molecule has 1 unspecified atom stereocenters. The van der Waals surface area contributed by atoms with E-state index in [0.29, 0.717) is 0 Å². The molecule has 0 aromatic heterocycles. The van der Waals surface area contributed by atoms with Gasteiger partial charge < -0.3 is 4.80 Å². The highest BCUT2D eigenvalue weighted by molar-refractivity contribution is 6.45. The van der Waals surface area contributed by atoms with E-state index in [1.165, 1.54) is 0 Å². The highest BCUT2D eigenvalue weighted by Crippen LogP contribution is 2.22. The van der Waals surface area contributed by atoms with Crippen molar-refractivity contribution >= 4 is 26.6 Å². The van der Waals surface area contributed by atoms with Crippen LogP contribution in [0.3, 0.4) is 0 Å². The molecule has 0 fully saturated rings. The van der Waals surface area contributed by atoms with Crippen LogP contribution in [0.4, 0.5) is 0 Å². The zero-order valence-electron chi connectivity index (χ0n) is 6.92. The monoisotopic (exact) mass is 198 g/mol. The SMILES string of the molecule is CCC(Cl)c1ccc([Si]O)cc1. The van der Waals surface area contributed by atoms with E-state index < -0.39 is 0 Å². The Hall–Kier alpha value is -0.313. The topological polar surface area (TPSA) is 20.2 Å². The van der Waals surface area contributed by atoms with Gasteiger partial charge in [0.2, 0.25) is 0 Å². The Morgan fingerprint density at radius 3 is 2.42 bits per heavy atom. The van der Waals surface area contributed by atoms with Crippen molar-refractivity contribution < 1.29 is 4.80 Å². The molecule has 0 aliphatic carbocycles. The molecule has 1 rings (SSSR count). The van der Waals surface area contributed by atoms with E-state index in [9.17, 15) is 0 Å². The van der Waals surface area contributed by atoms with Crippen LogP contribution in [0.2, 0.25) is 0 Å². The predicted octanol–water partition coefficient (Wildman–Crippen LogP) is 1.61. The molecule has 0 aliphatic rings. The third-order valence-corrected chi connectivity index (χ3v) is 2.91. The maximum absolute atomic E-state index is 8.82. The third-order valence-electron chi connectivity index (χ3n) is 1.76. The second-order valence-corrected chi connectivity index (χ2v) is 3.94. The van der Waals surface area contributed by atoms with Crippen molar-refractivity contribution in [3.05, 3.63) is 29.8 Å². The first kappa shape index (κ1) is 9.77. The van der Waals surface area contributed by atoms with Gasteiger partial charge in [-0.05, 0) is 17.2 Å². The van der Waals surface area contributed by atoms with E-state index in [4.69, 9.17) is 16.4 Å². The fourth-order valence-electron chi connectivity index (χ4n) is 1.00. The van der Waals surface area contributed by atoms with Gasteiger partial charge in [-0.1, -0.05) is 31.2 Å². The van der Waals surface area contributed by atoms with Crippen molar-refractivity contribution in [3.63, 3.8) is 0 Å². The van der Waals surface area contributed by atoms with Crippen LogP contribution >= 0.6 is 11.6 Å². The molecule has 2 radical (unpaired) electrons. The molecule has 0 amide bonds. The standard InChI is InChI=1S/C9H11ClOSi/c1-2-9(10)7-3-5-8(12-11)6-4-7/h3-6,9,11H,2H2,1H3. The van der Waals surface area contributed by atoms with Gasteiger partial charge in [-0.15, -0.1) is 11.6 Å². The Morgan fingerprint density at radius 2 is 2.00 bits per heavy atom. The molecule has 0 spiro atoms.